The normalized spacial score (nSPS) is 10.7. The summed E-state index contributed by atoms with van der Waals surface area (Å²) in [6, 6.07) is 11.9. The number of nitrogens with zero attached hydrogens (tertiary/aromatic N) is 2. The van der Waals surface area contributed by atoms with Gasteiger partial charge in [0.2, 0.25) is 0 Å². The molecule has 9 heteroatoms. The number of ether oxygens (including phenoxy) is 2. The monoisotopic (exact) mass is 385 g/mol. The SMILES string of the molecule is CC(C)OC(=O)COc1ccc(/C=N\NC(=O)c2ccc([N+](=O)[O-])cc2)cc1. The zero-order chi connectivity index (χ0) is 20.5. The third-order valence-corrected chi connectivity index (χ3v) is 3.32. The predicted molar refractivity (Wildman–Crippen MR) is 101 cm³/mol. The van der Waals surface area contributed by atoms with Crippen LogP contribution in [0.5, 0.6) is 5.75 Å². The van der Waals surface area contributed by atoms with Crippen LogP contribution < -0.4 is 10.2 Å². The lowest BCUT2D eigenvalue weighted by molar-refractivity contribution is -0.384. The van der Waals surface area contributed by atoms with Crippen molar-refractivity contribution < 1.29 is 24.0 Å². The molecule has 0 atom stereocenters. The van der Waals surface area contributed by atoms with Gasteiger partial charge in [0.15, 0.2) is 6.61 Å². The minimum atomic E-state index is -0.541. The first-order valence-electron chi connectivity index (χ1n) is 8.35. The van der Waals surface area contributed by atoms with E-state index in [1.165, 1.54) is 30.5 Å². The molecule has 1 amide bonds. The number of carbonyl (C=O) groups excluding carboxylic acids is 2. The summed E-state index contributed by atoms with van der Waals surface area (Å²) in [4.78, 5) is 33.4. The highest BCUT2D eigenvalue weighted by molar-refractivity contribution is 5.95. The van der Waals surface area contributed by atoms with Gasteiger partial charge in [-0.15, -0.1) is 0 Å². The fourth-order valence-electron chi connectivity index (χ4n) is 2.05. The van der Waals surface area contributed by atoms with Crippen LogP contribution in [0.3, 0.4) is 0 Å². The topological polar surface area (TPSA) is 120 Å². The van der Waals surface area contributed by atoms with Crippen LogP contribution in [0.15, 0.2) is 53.6 Å². The van der Waals surface area contributed by atoms with E-state index in [4.69, 9.17) is 9.47 Å². The van der Waals surface area contributed by atoms with E-state index in [1.54, 1.807) is 38.1 Å². The molecule has 2 rings (SSSR count). The lowest BCUT2D eigenvalue weighted by Crippen LogP contribution is -2.18. The van der Waals surface area contributed by atoms with Crippen molar-refractivity contribution in [2.24, 2.45) is 5.10 Å². The van der Waals surface area contributed by atoms with Gasteiger partial charge >= 0.3 is 5.97 Å². The second-order valence-electron chi connectivity index (χ2n) is 5.90. The average molecular weight is 385 g/mol. The molecule has 9 nitrogen and oxygen atoms in total. The Balaban J connectivity index is 1.84. The van der Waals surface area contributed by atoms with Gasteiger partial charge in [-0.1, -0.05) is 0 Å². The Morgan fingerprint density at radius 2 is 1.79 bits per heavy atom. The number of carbonyl (C=O) groups is 2. The molecule has 2 aromatic carbocycles. The summed E-state index contributed by atoms with van der Waals surface area (Å²) >= 11 is 0. The molecule has 0 aromatic heterocycles. The Morgan fingerprint density at radius 1 is 1.14 bits per heavy atom. The number of esters is 1. The molecule has 0 radical (unpaired) electrons. The Morgan fingerprint density at radius 3 is 2.36 bits per heavy atom. The summed E-state index contributed by atoms with van der Waals surface area (Å²) in [6.07, 6.45) is 1.23. The first-order chi connectivity index (χ1) is 13.3. The molecule has 0 aliphatic heterocycles. The highest BCUT2D eigenvalue weighted by Gasteiger charge is 2.09. The molecule has 146 valence electrons. The number of benzene rings is 2. The van der Waals surface area contributed by atoms with Crippen LogP contribution in [0.25, 0.3) is 0 Å². The van der Waals surface area contributed by atoms with Gasteiger partial charge in [0, 0.05) is 17.7 Å². The van der Waals surface area contributed by atoms with E-state index in [1.807, 2.05) is 0 Å². The largest absolute Gasteiger partial charge is 0.482 e. The fraction of sp³-hybridized carbons (Fsp3) is 0.211. The van der Waals surface area contributed by atoms with Crippen LogP contribution in [0.1, 0.15) is 29.8 Å². The first kappa shape index (κ1) is 20.6. The minimum Gasteiger partial charge on any atom is -0.482 e. The van der Waals surface area contributed by atoms with E-state index in [0.29, 0.717) is 11.3 Å². The van der Waals surface area contributed by atoms with Gasteiger partial charge in [0.1, 0.15) is 5.75 Å². The molecule has 28 heavy (non-hydrogen) atoms. The van der Waals surface area contributed by atoms with Crippen molar-refractivity contribution in [2.45, 2.75) is 20.0 Å². The Hall–Kier alpha value is -3.75. The predicted octanol–water partition coefficient (Wildman–Crippen LogP) is 2.69. The molecule has 0 saturated carbocycles. The quantitative estimate of drug-likeness (QED) is 0.323. The highest BCUT2D eigenvalue weighted by atomic mass is 16.6. The molecule has 0 spiro atoms. The number of hydrogen-bond acceptors (Lipinski definition) is 7. The maximum absolute atomic E-state index is 11.9. The van der Waals surface area contributed by atoms with E-state index < -0.39 is 16.8 Å². The molecule has 0 fully saturated rings. The van der Waals surface area contributed by atoms with E-state index in [0.717, 1.165) is 0 Å². The number of non-ortho nitro benzene ring substituents is 1. The molecule has 1 N–H and O–H groups in total. The fourth-order valence-corrected chi connectivity index (χ4v) is 2.05. The lowest BCUT2D eigenvalue weighted by Gasteiger charge is -2.09. The van der Waals surface area contributed by atoms with Gasteiger partial charge in [-0.3, -0.25) is 14.9 Å². The smallest absolute Gasteiger partial charge is 0.344 e. The molecular weight excluding hydrogens is 366 g/mol. The van der Waals surface area contributed by atoms with Crippen LogP contribution >= 0.6 is 0 Å². The summed E-state index contributed by atoms with van der Waals surface area (Å²) in [5, 5.41) is 14.4. The van der Waals surface area contributed by atoms with Crippen LogP contribution in [0.2, 0.25) is 0 Å². The number of amides is 1. The van der Waals surface area contributed by atoms with Crippen molar-refractivity contribution >= 4 is 23.8 Å². The van der Waals surface area contributed by atoms with Crippen LogP contribution in [0, 0.1) is 10.1 Å². The van der Waals surface area contributed by atoms with Crippen LogP contribution in [-0.4, -0.2) is 35.7 Å². The maximum atomic E-state index is 11.9. The zero-order valence-corrected chi connectivity index (χ0v) is 15.3. The minimum absolute atomic E-state index is 0.0974. The van der Waals surface area contributed by atoms with E-state index >= 15 is 0 Å². The van der Waals surface area contributed by atoms with Crippen molar-refractivity contribution in [2.75, 3.05) is 6.61 Å². The standard InChI is InChI=1S/C19H19N3O6/c1-13(2)28-18(23)12-27-17-9-3-14(4-10-17)11-20-21-19(24)15-5-7-16(8-6-15)22(25)26/h3-11,13H,12H2,1-2H3,(H,21,24)/b20-11-. The molecule has 0 heterocycles. The molecule has 2 aromatic rings. The Kier molecular flexibility index (Phi) is 7.21. The van der Waals surface area contributed by atoms with Gasteiger partial charge in [-0.25, -0.2) is 10.2 Å². The number of hydrogen-bond donors (Lipinski definition) is 1. The summed E-state index contributed by atoms with van der Waals surface area (Å²) in [5.74, 6) is -0.447. The van der Waals surface area contributed by atoms with E-state index in [9.17, 15) is 19.7 Å². The van der Waals surface area contributed by atoms with Gasteiger partial charge in [0.05, 0.1) is 17.2 Å². The number of nitro benzene ring substituents is 1. The second kappa shape index (κ2) is 9.81. The molecule has 0 bridgehead atoms. The highest BCUT2D eigenvalue weighted by Crippen LogP contribution is 2.12. The first-order valence-corrected chi connectivity index (χ1v) is 8.35. The number of rotatable bonds is 8. The lowest BCUT2D eigenvalue weighted by atomic mass is 10.2. The number of hydrazone groups is 1. The van der Waals surface area contributed by atoms with Gasteiger partial charge < -0.3 is 9.47 Å². The summed E-state index contributed by atoms with van der Waals surface area (Å²) < 4.78 is 10.3. The van der Waals surface area contributed by atoms with E-state index in [-0.39, 0.29) is 24.0 Å². The van der Waals surface area contributed by atoms with Crippen molar-refractivity contribution in [1.82, 2.24) is 5.43 Å². The Labute approximate surface area is 161 Å². The van der Waals surface area contributed by atoms with Crippen LogP contribution in [-0.2, 0) is 9.53 Å². The summed E-state index contributed by atoms with van der Waals surface area (Å²) in [6.45, 7) is 3.33. The van der Waals surface area contributed by atoms with Crippen molar-refractivity contribution in [3.05, 3.63) is 69.8 Å². The van der Waals surface area contributed by atoms with Crippen molar-refractivity contribution in [3.63, 3.8) is 0 Å². The van der Waals surface area contributed by atoms with E-state index in [2.05, 4.69) is 10.5 Å². The Bertz CT molecular complexity index is 860. The zero-order valence-electron chi connectivity index (χ0n) is 15.3. The number of nitro groups is 1. The molecule has 0 unspecified atom stereocenters. The summed E-state index contributed by atoms with van der Waals surface area (Å²) in [5.41, 5.74) is 3.19. The van der Waals surface area contributed by atoms with Crippen LogP contribution in [0.4, 0.5) is 5.69 Å². The van der Waals surface area contributed by atoms with Crippen molar-refractivity contribution in [3.8, 4) is 5.75 Å². The third-order valence-electron chi connectivity index (χ3n) is 3.32. The van der Waals surface area contributed by atoms with Gasteiger partial charge in [-0.2, -0.15) is 5.10 Å². The number of nitrogens with one attached hydrogen (secondary N) is 1. The van der Waals surface area contributed by atoms with Crippen molar-refractivity contribution in [1.29, 1.82) is 0 Å². The molecule has 0 saturated heterocycles. The molecular formula is C19H19N3O6. The third kappa shape index (κ3) is 6.52. The van der Waals surface area contributed by atoms with Gasteiger partial charge in [-0.05, 0) is 55.8 Å². The average Bonchev–Trinajstić information content (AvgIpc) is 2.67. The molecule has 0 aliphatic carbocycles. The maximum Gasteiger partial charge on any atom is 0.344 e. The summed E-state index contributed by atoms with van der Waals surface area (Å²) in [7, 11) is 0. The second-order valence-corrected chi connectivity index (χ2v) is 5.90. The molecule has 0 aliphatic rings. The van der Waals surface area contributed by atoms with Gasteiger partial charge in [0.25, 0.3) is 11.6 Å².